The monoisotopic (exact) mass is 290 g/mol. The summed E-state index contributed by atoms with van der Waals surface area (Å²) in [6.45, 7) is 0. The van der Waals surface area contributed by atoms with Crippen molar-refractivity contribution in [1.82, 2.24) is 15.9 Å². The molecule has 0 atom stereocenters. The Morgan fingerprint density at radius 2 is 1.25 bits per heavy atom. The summed E-state index contributed by atoms with van der Waals surface area (Å²) in [4.78, 5) is 0. The Balaban J connectivity index is 2.71. The zero-order valence-corrected chi connectivity index (χ0v) is 9.19. The average Bonchev–Trinajstić information content (AvgIpc) is 2.71. The SMILES string of the molecule is c1cc2n[se]nc2c2n[se]nc12. The predicted molar refractivity (Wildman–Crippen MR) is 46.5 cm³/mol. The first kappa shape index (κ1) is 6.92. The average molecular weight is 288 g/mol. The van der Waals surface area contributed by atoms with Gasteiger partial charge in [-0.25, -0.2) is 0 Å². The van der Waals surface area contributed by atoms with Crippen molar-refractivity contribution < 1.29 is 0 Å². The zero-order chi connectivity index (χ0) is 7.97. The number of aromatic nitrogens is 4. The first-order valence-corrected chi connectivity index (χ1v) is 6.35. The fraction of sp³-hybridized carbons (Fsp3) is 0. The third kappa shape index (κ3) is 0.836. The van der Waals surface area contributed by atoms with E-state index in [0.717, 1.165) is 22.1 Å². The number of benzene rings is 1. The van der Waals surface area contributed by atoms with Crippen molar-refractivity contribution in [2.45, 2.75) is 0 Å². The maximum absolute atomic E-state index is 4.32. The van der Waals surface area contributed by atoms with Crippen LogP contribution in [0.15, 0.2) is 12.1 Å². The standard InChI is InChI=1S/C6H2N4Se2/c1-2-4-6(10-12-8-4)5-3(1)7-11-9-5/h1-2H. The molecule has 0 amide bonds. The molecule has 1 aromatic carbocycles. The van der Waals surface area contributed by atoms with Crippen LogP contribution in [-0.4, -0.2) is 45.8 Å². The second kappa shape index (κ2) is 2.47. The van der Waals surface area contributed by atoms with Gasteiger partial charge in [0.1, 0.15) is 0 Å². The van der Waals surface area contributed by atoms with Gasteiger partial charge in [-0.15, -0.1) is 0 Å². The number of hydrogen-bond acceptors (Lipinski definition) is 4. The molecule has 0 saturated carbocycles. The van der Waals surface area contributed by atoms with E-state index in [-0.39, 0.29) is 29.9 Å². The summed E-state index contributed by atoms with van der Waals surface area (Å²) in [6, 6.07) is 3.96. The van der Waals surface area contributed by atoms with Crippen LogP contribution in [0.2, 0.25) is 0 Å². The molecule has 3 rings (SSSR count). The van der Waals surface area contributed by atoms with Gasteiger partial charge in [0, 0.05) is 0 Å². The van der Waals surface area contributed by atoms with E-state index < -0.39 is 0 Å². The van der Waals surface area contributed by atoms with Crippen molar-refractivity contribution in [1.29, 1.82) is 0 Å². The van der Waals surface area contributed by atoms with Gasteiger partial charge >= 0.3 is 80.0 Å². The van der Waals surface area contributed by atoms with Gasteiger partial charge in [-0.05, 0) is 0 Å². The van der Waals surface area contributed by atoms with Crippen LogP contribution in [-0.2, 0) is 0 Å². The van der Waals surface area contributed by atoms with Crippen LogP contribution in [0.4, 0.5) is 0 Å². The topological polar surface area (TPSA) is 51.6 Å². The van der Waals surface area contributed by atoms with E-state index in [4.69, 9.17) is 0 Å². The van der Waals surface area contributed by atoms with Crippen molar-refractivity contribution in [2.75, 3.05) is 0 Å². The van der Waals surface area contributed by atoms with Gasteiger partial charge < -0.3 is 0 Å². The molecule has 0 radical (unpaired) electrons. The Labute approximate surface area is 80.1 Å². The molecule has 0 N–H and O–H groups in total. The molecule has 0 fully saturated rings. The molecule has 0 unspecified atom stereocenters. The summed E-state index contributed by atoms with van der Waals surface area (Å²) in [7, 11) is 0. The van der Waals surface area contributed by atoms with E-state index in [1.165, 1.54) is 0 Å². The second-order valence-corrected chi connectivity index (χ2v) is 4.55. The van der Waals surface area contributed by atoms with Crippen LogP contribution in [0.3, 0.4) is 0 Å². The van der Waals surface area contributed by atoms with E-state index in [0.29, 0.717) is 0 Å². The fourth-order valence-electron chi connectivity index (χ4n) is 1.10. The predicted octanol–water partition coefficient (Wildman–Crippen LogP) is -0.313. The van der Waals surface area contributed by atoms with Gasteiger partial charge in [-0.3, -0.25) is 0 Å². The van der Waals surface area contributed by atoms with Crippen LogP contribution in [0, 0.1) is 0 Å². The number of hydrogen-bond donors (Lipinski definition) is 0. The van der Waals surface area contributed by atoms with E-state index >= 15 is 0 Å². The Kier molecular flexibility index (Phi) is 1.43. The van der Waals surface area contributed by atoms with Crippen molar-refractivity contribution in [3.05, 3.63) is 12.1 Å². The molecule has 0 aliphatic carbocycles. The fourth-order valence-corrected chi connectivity index (χ4v) is 3.35. The Bertz CT molecular complexity index is 491. The molecule has 12 heavy (non-hydrogen) atoms. The van der Waals surface area contributed by atoms with Gasteiger partial charge in [0.15, 0.2) is 0 Å². The molecule has 2 heterocycles. The van der Waals surface area contributed by atoms with Crippen LogP contribution < -0.4 is 0 Å². The van der Waals surface area contributed by atoms with Crippen LogP contribution >= 0.6 is 0 Å². The van der Waals surface area contributed by atoms with Crippen LogP contribution in [0.1, 0.15) is 0 Å². The minimum atomic E-state index is 0.0442. The summed E-state index contributed by atoms with van der Waals surface area (Å²) >= 11 is 0.0884. The second-order valence-electron chi connectivity index (χ2n) is 2.33. The van der Waals surface area contributed by atoms with Gasteiger partial charge in [-0.1, -0.05) is 0 Å². The van der Waals surface area contributed by atoms with Gasteiger partial charge in [0.05, 0.1) is 0 Å². The van der Waals surface area contributed by atoms with Gasteiger partial charge in [0.2, 0.25) is 0 Å². The molecular formula is C6H2N4Se2. The van der Waals surface area contributed by atoms with E-state index in [9.17, 15) is 0 Å². The Morgan fingerprint density at radius 1 is 0.750 bits per heavy atom. The summed E-state index contributed by atoms with van der Waals surface area (Å²) in [5.41, 5.74) is 3.92. The van der Waals surface area contributed by atoms with Crippen molar-refractivity contribution in [2.24, 2.45) is 0 Å². The molecule has 4 nitrogen and oxygen atoms in total. The van der Waals surface area contributed by atoms with Crippen molar-refractivity contribution in [3.63, 3.8) is 0 Å². The van der Waals surface area contributed by atoms with Crippen molar-refractivity contribution in [3.8, 4) is 0 Å². The molecule has 0 bridgehead atoms. The summed E-state index contributed by atoms with van der Waals surface area (Å²) < 4.78 is 17.2. The Hall–Kier alpha value is -0.541. The molecule has 6 heteroatoms. The van der Waals surface area contributed by atoms with E-state index in [1.54, 1.807) is 0 Å². The third-order valence-electron chi connectivity index (χ3n) is 1.65. The molecular weight excluding hydrogens is 286 g/mol. The molecule has 3 aromatic rings. The van der Waals surface area contributed by atoms with Crippen LogP contribution in [0.25, 0.3) is 22.1 Å². The summed E-state index contributed by atoms with van der Waals surface area (Å²) in [5, 5.41) is 0. The number of nitrogens with zero attached hydrogens (tertiary/aromatic N) is 4. The number of fused-ring (bicyclic) bond motifs is 3. The molecule has 58 valence electrons. The van der Waals surface area contributed by atoms with Gasteiger partial charge in [-0.2, -0.15) is 0 Å². The van der Waals surface area contributed by atoms with E-state index in [2.05, 4.69) is 15.9 Å². The normalized spacial score (nSPS) is 11.3. The first-order chi connectivity index (χ1) is 5.95. The molecule has 0 spiro atoms. The maximum atomic E-state index is 4.32. The Morgan fingerprint density at radius 3 is 1.75 bits per heavy atom. The molecule has 0 aliphatic heterocycles. The van der Waals surface area contributed by atoms with Crippen LogP contribution in [0.5, 0.6) is 0 Å². The molecule has 0 aliphatic rings. The summed E-state index contributed by atoms with van der Waals surface area (Å²) in [5.74, 6) is 0. The number of rotatable bonds is 0. The molecule has 0 saturated heterocycles. The third-order valence-corrected chi connectivity index (χ3v) is 3.93. The van der Waals surface area contributed by atoms with E-state index in [1.807, 2.05) is 12.1 Å². The van der Waals surface area contributed by atoms with Crippen molar-refractivity contribution >= 4 is 52.0 Å². The quantitative estimate of drug-likeness (QED) is 0.532. The minimum absolute atomic E-state index is 0.0442. The molecule has 2 aromatic heterocycles. The zero-order valence-electron chi connectivity index (χ0n) is 5.76. The first-order valence-electron chi connectivity index (χ1n) is 3.29. The summed E-state index contributed by atoms with van der Waals surface area (Å²) in [6.07, 6.45) is 0. The van der Waals surface area contributed by atoms with Gasteiger partial charge in [0.25, 0.3) is 0 Å².